The Morgan fingerprint density at radius 1 is 1.26 bits per heavy atom. The lowest BCUT2D eigenvalue weighted by Crippen LogP contribution is -2.28. The van der Waals surface area contributed by atoms with Gasteiger partial charge in [-0.3, -0.25) is 9.59 Å². The van der Waals surface area contributed by atoms with Crippen LogP contribution >= 0.6 is 0 Å². The van der Waals surface area contributed by atoms with Crippen LogP contribution in [0.4, 0.5) is 5.69 Å². The third-order valence-electron chi connectivity index (χ3n) is 2.68. The van der Waals surface area contributed by atoms with Crippen molar-refractivity contribution < 1.29 is 9.90 Å². The Hall–Kier alpha value is -2.56. The van der Waals surface area contributed by atoms with Crippen LogP contribution in [0.25, 0.3) is 0 Å². The van der Waals surface area contributed by atoms with Crippen molar-refractivity contribution in [2.75, 3.05) is 5.32 Å². The predicted molar refractivity (Wildman–Crippen MR) is 72.2 cm³/mol. The Kier molecular flexibility index (Phi) is 3.66. The molecule has 0 fully saturated rings. The minimum absolute atomic E-state index is 0.0403. The first-order chi connectivity index (χ1) is 9.06. The molecular weight excluding hydrogens is 244 g/mol. The van der Waals surface area contributed by atoms with Crippen LogP contribution in [0.1, 0.15) is 5.56 Å². The fourth-order valence-corrected chi connectivity index (χ4v) is 1.68. The van der Waals surface area contributed by atoms with Crippen LogP contribution in [0.15, 0.2) is 47.4 Å². The van der Waals surface area contributed by atoms with Crippen molar-refractivity contribution in [3.05, 3.63) is 58.5 Å². The average Bonchev–Trinajstić information content (AvgIpc) is 2.38. The Bertz CT molecular complexity index is 644. The van der Waals surface area contributed by atoms with Gasteiger partial charge in [0.15, 0.2) is 0 Å². The van der Waals surface area contributed by atoms with Crippen LogP contribution in [-0.4, -0.2) is 15.6 Å². The van der Waals surface area contributed by atoms with Gasteiger partial charge in [0.2, 0.25) is 5.91 Å². The van der Waals surface area contributed by atoms with Crippen molar-refractivity contribution in [1.82, 2.24) is 4.57 Å². The van der Waals surface area contributed by atoms with E-state index in [9.17, 15) is 9.59 Å². The van der Waals surface area contributed by atoms with Gasteiger partial charge in [-0.2, -0.15) is 0 Å². The maximum absolute atomic E-state index is 11.8. The van der Waals surface area contributed by atoms with Crippen molar-refractivity contribution >= 4 is 11.6 Å². The molecule has 5 heteroatoms. The number of nitrogens with zero attached hydrogens (tertiary/aromatic N) is 1. The second-order valence-electron chi connectivity index (χ2n) is 4.22. The number of aryl methyl sites for hydroxylation is 1. The molecule has 0 bridgehead atoms. The van der Waals surface area contributed by atoms with Crippen molar-refractivity contribution in [1.29, 1.82) is 0 Å². The van der Waals surface area contributed by atoms with Gasteiger partial charge in [-0.05, 0) is 37.3 Å². The lowest BCUT2D eigenvalue weighted by molar-refractivity contribution is -0.116. The van der Waals surface area contributed by atoms with Crippen LogP contribution in [-0.2, 0) is 11.3 Å². The Labute approximate surface area is 110 Å². The number of anilines is 1. The average molecular weight is 258 g/mol. The van der Waals surface area contributed by atoms with E-state index in [1.165, 1.54) is 16.7 Å². The molecule has 2 N–H and O–H groups in total. The molecule has 0 saturated carbocycles. The summed E-state index contributed by atoms with van der Waals surface area (Å²) in [5.41, 5.74) is 0.992. The summed E-state index contributed by atoms with van der Waals surface area (Å²) >= 11 is 0. The van der Waals surface area contributed by atoms with Gasteiger partial charge in [0.25, 0.3) is 5.56 Å². The molecule has 0 radical (unpaired) electrons. The summed E-state index contributed by atoms with van der Waals surface area (Å²) in [6.07, 6.45) is 1.58. The topological polar surface area (TPSA) is 71.3 Å². The number of rotatable bonds is 3. The summed E-state index contributed by atoms with van der Waals surface area (Å²) in [6.45, 7) is 1.66. The maximum Gasteiger partial charge on any atom is 0.253 e. The number of carbonyl (C=O) groups is 1. The number of phenolic OH excluding ortho intramolecular Hbond substituents is 1. The molecule has 5 nitrogen and oxygen atoms in total. The largest absolute Gasteiger partial charge is 0.508 e. The van der Waals surface area contributed by atoms with E-state index in [1.54, 1.807) is 37.4 Å². The summed E-state index contributed by atoms with van der Waals surface area (Å²) in [5.74, 6) is -0.161. The van der Waals surface area contributed by atoms with Crippen molar-refractivity contribution in [3.63, 3.8) is 0 Å². The Morgan fingerprint density at radius 3 is 2.63 bits per heavy atom. The fraction of sp³-hybridized carbons (Fsp3) is 0.143. The molecule has 0 unspecified atom stereocenters. The number of hydrogen-bond acceptors (Lipinski definition) is 3. The zero-order valence-corrected chi connectivity index (χ0v) is 10.5. The predicted octanol–water partition coefficient (Wildman–Crippen LogP) is 1.50. The number of carbonyl (C=O) groups excluding carboxylic acids is 1. The number of amides is 1. The maximum atomic E-state index is 11.8. The molecule has 0 saturated heterocycles. The van der Waals surface area contributed by atoms with E-state index >= 15 is 0 Å². The van der Waals surface area contributed by atoms with Crippen LogP contribution in [0, 0.1) is 6.92 Å². The molecule has 0 spiro atoms. The summed E-state index contributed by atoms with van der Waals surface area (Å²) in [4.78, 5) is 23.5. The molecule has 0 aliphatic heterocycles. The summed E-state index contributed by atoms with van der Waals surface area (Å²) < 4.78 is 1.35. The molecule has 0 aliphatic carbocycles. The van der Waals surface area contributed by atoms with Gasteiger partial charge >= 0.3 is 0 Å². The van der Waals surface area contributed by atoms with Crippen molar-refractivity contribution in [2.45, 2.75) is 13.5 Å². The molecule has 1 aromatic carbocycles. The number of nitrogens with one attached hydrogen (secondary N) is 1. The minimum atomic E-state index is -0.293. The van der Waals surface area contributed by atoms with Gasteiger partial charge in [0.05, 0.1) is 0 Å². The zero-order valence-electron chi connectivity index (χ0n) is 10.5. The number of pyridine rings is 1. The monoisotopic (exact) mass is 258 g/mol. The van der Waals surface area contributed by atoms with Gasteiger partial charge < -0.3 is 15.0 Å². The highest BCUT2D eigenvalue weighted by Crippen LogP contribution is 2.13. The van der Waals surface area contributed by atoms with Gasteiger partial charge in [0.1, 0.15) is 12.3 Å². The molecule has 98 valence electrons. The molecular formula is C14H14N2O3. The third-order valence-corrected chi connectivity index (χ3v) is 2.68. The highest BCUT2D eigenvalue weighted by Gasteiger charge is 2.06. The number of aromatic nitrogens is 1. The lowest BCUT2D eigenvalue weighted by atomic mass is 10.3. The van der Waals surface area contributed by atoms with E-state index in [0.717, 1.165) is 0 Å². The lowest BCUT2D eigenvalue weighted by Gasteiger charge is -2.08. The van der Waals surface area contributed by atoms with Gasteiger partial charge in [0, 0.05) is 17.4 Å². The highest BCUT2D eigenvalue weighted by atomic mass is 16.3. The van der Waals surface area contributed by atoms with Gasteiger partial charge in [-0.1, -0.05) is 6.07 Å². The molecule has 0 atom stereocenters. The van der Waals surface area contributed by atoms with E-state index in [0.29, 0.717) is 11.3 Å². The molecule has 1 amide bonds. The smallest absolute Gasteiger partial charge is 0.253 e. The quantitative estimate of drug-likeness (QED) is 0.819. The molecule has 0 aliphatic rings. The summed E-state index contributed by atoms with van der Waals surface area (Å²) in [6, 6.07) is 9.57. The van der Waals surface area contributed by atoms with Crippen LogP contribution in [0.2, 0.25) is 0 Å². The molecule has 19 heavy (non-hydrogen) atoms. The summed E-state index contributed by atoms with van der Waals surface area (Å²) in [5, 5.41) is 11.8. The number of benzene rings is 1. The van der Waals surface area contributed by atoms with E-state index in [2.05, 4.69) is 5.32 Å². The Balaban J connectivity index is 2.07. The third kappa shape index (κ3) is 3.22. The van der Waals surface area contributed by atoms with Crippen molar-refractivity contribution in [3.8, 4) is 5.75 Å². The van der Waals surface area contributed by atoms with Crippen molar-refractivity contribution in [2.24, 2.45) is 0 Å². The molecule has 2 aromatic rings. The summed E-state index contributed by atoms with van der Waals surface area (Å²) in [7, 11) is 0. The van der Waals surface area contributed by atoms with Gasteiger partial charge in [-0.15, -0.1) is 0 Å². The number of aromatic hydroxyl groups is 1. The molecule has 1 aromatic heterocycles. The first-order valence-electron chi connectivity index (χ1n) is 5.81. The zero-order chi connectivity index (χ0) is 13.8. The second kappa shape index (κ2) is 5.39. The Morgan fingerprint density at radius 2 is 1.95 bits per heavy atom. The standard InChI is InChI=1S/C14H14N2O3/c1-10-3-2-8-16(14(10)19)9-13(18)15-11-4-6-12(17)7-5-11/h2-8,17H,9H2,1H3,(H,15,18). The SMILES string of the molecule is Cc1cccn(CC(=O)Nc2ccc(O)cc2)c1=O. The fourth-order valence-electron chi connectivity index (χ4n) is 1.68. The van der Waals surface area contributed by atoms with E-state index in [4.69, 9.17) is 5.11 Å². The van der Waals surface area contributed by atoms with Crippen LogP contribution in [0.5, 0.6) is 5.75 Å². The first kappa shape index (κ1) is 12.9. The second-order valence-corrected chi connectivity index (χ2v) is 4.22. The number of hydrogen-bond donors (Lipinski definition) is 2. The molecule has 2 rings (SSSR count). The molecule has 1 heterocycles. The van der Waals surface area contributed by atoms with E-state index < -0.39 is 0 Å². The van der Waals surface area contributed by atoms with Gasteiger partial charge in [-0.25, -0.2) is 0 Å². The highest BCUT2D eigenvalue weighted by molar-refractivity contribution is 5.90. The van der Waals surface area contributed by atoms with Crippen LogP contribution in [0.3, 0.4) is 0 Å². The number of phenols is 1. The minimum Gasteiger partial charge on any atom is -0.508 e. The first-order valence-corrected chi connectivity index (χ1v) is 5.81. The van der Waals surface area contributed by atoms with Crippen LogP contribution < -0.4 is 10.9 Å². The normalized spacial score (nSPS) is 10.2. The van der Waals surface area contributed by atoms with E-state index in [1.807, 2.05) is 0 Å². The van der Waals surface area contributed by atoms with E-state index in [-0.39, 0.29) is 23.8 Å².